The van der Waals surface area contributed by atoms with Crippen LogP contribution in [0, 0.1) is 17.8 Å². The van der Waals surface area contributed by atoms with Gasteiger partial charge in [-0.2, -0.15) is 0 Å². The maximum absolute atomic E-state index is 14.7. The molecule has 27 heavy (non-hydrogen) atoms. The Labute approximate surface area is 162 Å². The highest BCUT2D eigenvalue weighted by Gasteiger charge is 2.53. The van der Waals surface area contributed by atoms with Gasteiger partial charge in [0.2, 0.25) is 0 Å². The van der Waals surface area contributed by atoms with Gasteiger partial charge >= 0.3 is 13.2 Å². The molecule has 0 aromatic heterocycles. The van der Waals surface area contributed by atoms with Crippen molar-refractivity contribution in [2.45, 2.75) is 78.1 Å². The van der Waals surface area contributed by atoms with E-state index < -0.39 is 23.9 Å². The van der Waals surface area contributed by atoms with Crippen LogP contribution < -0.4 is 0 Å². The number of hydrogen-bond acceptors (Lipinski definition) is 4. The summed E-state index contributed by atoms with van der Waals surface area (Å²) in [5.74, 6) is 0.981. The minimum absolute atomic E-state index is 0.166. The second-order valence-electron chi connectivity index (χ2n) is 10.3. The van der Waals surface area contributed by atoms with Crippen molar-refractivity contribution in [3.63, 3.8) is 0 Å². The fourth-order valence-corrected chi connectivity index (χ4v) is 4.22. The fourth-order valence-electron chi connectivity index (χ4n) is 4.22. The summed E-state index contributed by atoms with van der Waals surface area (Å²) in [6, 6.07) is 0. The van der Waals surface area contributed by atoms with E-state index in [1.807, 2.05) is 48.5 Å². The van der Waals surface area contributed by atoms with Crippen molar-refractivity contribution in [2.24, 2.45) is 17.8 Å². The third-order valence-electron chi connectivity index (χ3n) is 6.31. The van der Waals surface area contributed by atoms with E-state index in [0.717, 1.165) is 12.8 Å². The van der Waals surface area contributed by atoms with Crippen LogP contribution in [0.2, 0.25) is 0 Å². The molecule has 2 heterocycles. The van der Waals surface area contributed by atoms with Gasteiger partial charge in [-0.15, -0.1) is 0 Å². The number of nitrogens with zero attached hydrogens (tertiary/aromatic N) is 1. The van der Waals surface area contributed by atoms with Gasteiger partial charge in [0.25, 0.3) is 0 Å². The molecule has 1 saturated carbocycles. The Bertz CT molecular complexity index is 598. The summed E-state index contributed by atoms with van der Waals surface area (Å²) >= 11 is 0. The quantitative estimate of drug-likeness (QED) is 0.667. The normalized spacial score (nSPS) is 32.7. The first-order valence-corrected chi connectivity index (χ1v) is 9.98. The Balaban J connectivity index is 1.55. The van der Waals surface area contributed by atoms with Crippen LogP contribution >= 0.6 is 0 Å². The average molecular weight is 381 g/mol. The maximum atomic E-state index is 14.7. The number of amides is 1. The molecule has 0 aromatic carbocycles. The topological polar surface area (TPSA) is 48.0 Å². The number of likely N-dealkylation sites (tertiary alicyclic amines) is 1. The number of allylic oxidation sites excluding steroid dienone is 1. The maximum Gasteiger partial charge on any atom is 0.524 e. The molecule has 3 aliphatic rings. The molecule has 7 heteroatoms. The van der Waals surface area contributed by atoms with E-state index in [-0.39, 0.29) is 17.7 Å². The molecule has 2 saturated heterocycles. The molecule has 0 radical (unpaired) electrons. The number of carbonyl (C=O) groups is 1. The molecule has 2 unspecified atom stereocenters. The van der Waals surface area contributed by atoms with E-state index in [1.165, 1.54) is 0 Å². The first-order chi connectivity index (χ1) is 12.3. The predicted molar refractivity (Wildman–Crippen MR) is 103 cm³/mol. The molecular weight excluding hydrogens is 348 g/mol. The lowest BCUT2D eigenvalue weighted by molar-refractivity contribution is 0.00578. The van der Waals surface area contributed by atoms with Crippen LogP contribution in [-0.4, -0.2) is 48.0 Å². The number of ether oxygens (including phenoxy) is 1. The summed E-state index contributed by atoms with van der Waals surface area (Å²) in [5, 5.41) is 0. The third kappa shape index (κ3) is 4.34. The van der Waals surface area contributed by atoms with Gasteiger partial charge in [-0.25, -0.2) is 9.18 Å². The molecule has 2 atom stereocenters. The second-order valence-corrected chi connectivity index (χ2v) is 10.3. The number of carbonyl (C=O) groups excluding carboxylic acids is 1. The van der Waals surface area contributed by atoms with E-state index in [0.29, 0.717) is 24.9 Å². The Hall–Kier alpha value is -1.08. The van der Waals surface area contributed by atoms with Gasteiger partial charge in [-0.05, 0) is 79.1 Å². The minimum Gasteiger partial charge on any atom is -0.444 e. The van der Waals surface area contributed by atoms with Gasteiger partial charge in [0.15, 0.2) is 0 Å². The van der Waals surface area contributed by atoms with Gasteiger partial charge in [-0.1, -0.05) is 6.08 Å². The summed E-state index contributed by atoms with van der Waals surface area (Å²) < 4.78 is 31.8. The van der Waals surface area contributed by atoms with Crippen LogP contribution in [0.4, 0.5) is 9.18 Å². The van der Waals surface area contributed by atoms with E-state index >= 15 is 0 Å². The van der Waals surface area contributed by atoms with Crippen molar-refractivity contribution in [3.8, 4) is 0 Å². The van der Waals surface area contributed by atoms with Gasteiger partial charge in [0, 0.05) is 13.1 Å². The molecule has 0 bridgehead atoms. The molecule has 0 spiro atoms. The van der Waals surface area contributed by atoms with Gasteiger partial charge in [-0.3, -0.25) is 0 Å². The van der Waals surface area contributed by atoms with Gasteiger partial charge < -0.3 is 18.9 Å². The zero-order valence-corrected chi connectivity index (χ0v) is 17.7. The Morgan fingerprint density at radius 1 is 1.11 bits per heavy atom. The number of hydrogen-bond donors (Lipinski definition) is 0. The van der Waals surface area contributed by atoms with Crippen molar-refractivity contribution >= 4 is 13.2 Å². The molecule has 2 aliphatic heterocycles. The summed E-state index contributed by atoms with van der Waals surface area (Å²) in [7, 11) is -0.922. The third-order valence-corrected chi connectivity index (χ3v) is 6.31. The van der Waals surface area contributed by atoms with Crippen molar-refractivity contribution in [3.05, 3.63) is 11.8 Å². The zero-order chi connectivity index (χ0) is 20.2. The first-order valence-electron chi connectivity index (χ1n) is 9.98. The summed E-state index contributed by atoms with van der Waals surface area (Å²) in [6.45, 7) is 14.7. The van der Waals surface area contributed by atoms with Crippen LogP contribution in [-0.2, 0) is 14.0 Å². The number of rotatable bonds is 2. The summed E-state index contributed by atoms with van der Waals surface area (Å²) in [4.78, 5) is 14.0. The highest BCUT2D eigenvalue weighted by molar-refractivity contribution is 6.53. The molecule has 5 nitrogen and oxygen atoms in total. The number of fused-ring (bicyclic) bond motifs is 1. The minimum atomic E-state index is -0.922. The molecule has 0 N–H and O–H groups in total. The SMILES string of the molecule is CC(C)(C)OC(=O)N1CC2CC(C=C(F)B3OC(C)(C)C(C)(C)O3)CC2C1. The molecule has 3 rings (SSSR count). The van der Waals surface area contributed by atoms with E-state index in [4.69, 9.17) is 14.0 Å². The van der Waals surface area contributed by atoms with Crippen LogP contribution in [0.25, 0.3) is 0 Å². The predicted octanol–water partition coefficient (Wildman–Crippen LogP) is 4.36. The first kappa shape index (κ1) is 20.7. The van der Waals surface area contributed by atoms with Crippen LogP contribution in [0.15, 0.2) is 11.8 Å². The Morgan fingerprint density at radius 2 is 1.59 bits per heavy atom. The number of halogens is 1. The Morgan fingerprint density at radius 3 is 2.04 bits per heavy atom. The lowest BCUT2D eigenvalue weighted by atomic mass is 9.85. The molecule has 1 amide bonds. The van der Waals surface area contributed by atoms with Crippen molar-refractivity contribution in [1.29, 1.82) is 0 Å². The monoisotopic (exact) mass is 381 g/mol. The smallest absolute Gasteiger partial charge is 0.444 e. The van der Waals surface area contributed by atoms with Gasteiger partial charge in [0.05, 0.1) is 11.2 Å². The van der Waals surface area contributed by atoms with E-state index in [9.17, 15) is 9.18 Å². The fraction of sp³-hybridized carbons (Fsp3) is 0.850. The molecule has 3 fully saturated rings. The highest BCUT2D eigenvalue weighted by Crippen LogP contribution is 2.44. The Kier molecular flexibility index (Phi) is 5.17. The lowest BCUT2D eigenvalue weighted by Crippen LogP contribution is -2.41. The largest absolute Gasteiger partial charge is 0.524 e. The summed E-state index contributed by atoms with van der Waals surface area (Å²) in [6.07, 6.45) is 3.21. The molecule has 1 aliphatic carbocycles. The highest BCUT2D eigenvalue weighted by atomic mass is 19.1. The van der Waals surface area contributed by atoms with E-state index in [2.05, 4.69) is 0 Å². The zero-order valence-electron chi connectivity index (χ0n) is 17.7. The van der Waals surface area contributed by atoms with E-state index in [1.54, 1.807) is 11.0 Å². The van der Waals surface area contributed by atoms with Crippen LogP contribution in [0.3, 0.4) is 0 Å². The van der Waals surface area contributed by atoms with Crippen LogP contribution in [0.1, 0.15) is 61.3 Å². The van der Waals surface area contributed by atoms with Gasteiger partial charge in [0.1, 0.15) is 11.3 Å². The molecular formula is C20H33BFNO4. The van der Waals surface area contributed by atoms with Crippen LogP contribution in [0.5, 0.6) is 0 Å². The lowest BCUT2D eigenvalue weighted by Gasteiger charge is -2.32. The standard InChI is InChI=1S/C20H33BFNO4/c1-18(2,3)25-17(24)23-11-14-8-13(9-15(14)12-23)10-16(22)21-26-19(4,5)20(6,7)27-21/h10,13-15H,8-9,11-12H2,1-7H3. The van der Waals surface area contributed by atoms with Crippen molar-refractivity contribution in [1.82, 2.24) is 4.90 Å². The van der Waals surface area contributed by atoms with Crippen molar-refractivity contribution < 1.29 is 23.2 Å². The second kappa shape index (κ2) is 6.76. The average Bonchev–Trinajstić information content (AvgIpc) is 3.07. The molecule has 0 aromatic rings. The molecule has 152 valence electrons. The van der Waals surface area contributed by atoms with Crippen molar-refractivity contribution in [2.75, 3.05) is 13.1 Å². The summed E-state index contributed by atoms with van der Waals surface area (Å²) in [5.41, 5.74) is -1.89.